The molecule has 2 atom stereocenters. The number of aromatic hydroxyl groups is 2. The van der Waals surface area contributed by atoms with Crippen LogP contribution in [0.5, 0.6) is 17.2 Å². The molecule has 15 heavy (non-hydrogen) atoms. The van der Waals surface area contributed by atoms with Crippen LogP contribution in [-0.2, 0) is 0 Å². The van der Waals surface area contributed by atoms with E-state index >= 15 is 0 Å². The van der Waals surface area contributed by atoms with E-state index in [4.69, 9.17) is 4.74 Å². The van der Waals surface area contributed by atoms with Gasteiger partial charge in [-0.05, 0) is 13.0 Å². The lowest BCUT2D eigenvalue weighted by Crippen LogP contribution is -2.33. The van der Waals surface area contributed by atoms with Crippen molar-refractivity contribution in [1.82, 2.24) is 0 Å². The Morgan fingerprint density at radius 3 is 2.47 bits per heavy atom. The smallest absolute Gasteiger partial charge is 0.173 e. The fraction of sp³-hybridized carbons (Fsp3) is 0.364. The van der Waals surface area contributed by atoms with Crippen LogP contribution in [0.3, 0.4) is 0 Å². The van der Waals surface area contributed by atoms with Gasteiger partial charge in [-0.25, -0.2) is 0 Å². The van der Waals surface area contributed by atoms with Crippen LogP contribution in [0.15, 0.2) is 12.1 Å². The zero-order valence-corrected chi connectivity index (χ0v) is 8.52. The summed E-state index contributed by atoms with van der Waals surface area (Å²) >= 11 is 0. The lowest BCUT2D eigenvalue weighted by atomic mass is 9.91. The fourth-order valence-electron chi connectivity index (χ4n) is 1.61. The summed E-state index contributed by atoms with van der Waals surface area (Å²) in [5.74, 6) is -0.544. The van der Waals surface area contributed by atoms with Gasteiger partial charge in [0.1, 0.15) is 11.9 Å². The predicted octanol–water partition coefficient (Wildman–Crippen LogP) is 1.70. The Morgan fingerprint density at radius 1 is 1.20 bits per heavy atom. The van der Waals surface area contributed by atoms with Gasteiger partial charge in [0.25, 0.3) is 0 Å². The fourth-order valence-corrected chi connectivity index (χ4v) is 1.61. The van der Waals surface area contributed by atoms with Crippen LogP contribution in [-0.4, -0.2) is 22.1 Å². The molecule has 1 aliphatic heterocycles. The number of rotatable bonds is 0. The largest absolute Gasteiger partial charge is 0.504 e. The topological polar surface area (TPSA) is 66.8 Å². The zero-order chi connectivity index (χ0) is 11.2. The highest BCUT2D eigenvalue weighted by molar-refractivity contribution is 6.02. The Bertz CT molecular complexity index is 425. The molecule has 80 valence electrons. The molecular weight excluding hydrogens is 196 g/mol. The maximum atomic E-state index is 11.8. The van der Waals surface area contributed by atoms with Crippen LogP contribution in [0.2, 0.25) is 0 Å². The summed E-state index contributed by atoms with van der Waals surface area (Å²) in [6.45, 7) is 3.58. The summed E-state index contributed by atoms with van der Waals surface area (Å²) in [6.07, 6.45) is -0.214. The first kappa shape index (κ1) is 9.83. The Morgan fingerprint density at radius 2 is 1.80 bits per heavy atom. The van der Waals surface area contributed by atoms with Gasteiger partial charge in [0.05, 0.1) is 11.5 Å². The lowest BCUT2D eigenvalue weighted by molar-refractivity contribution is 0.0728. The maximum Gasteiger partial charge on any atom is 0.173 e. The summed E-state index contributed by atoms with van der Waals surface area (Å²) in [5, 5.41) is 18.6. The summed E-state index contributed by atoms with van der Waals surface area (Å²) in [4.78, 5) is 11.8. The molecule has 0 spiro atoms. The second-order valence-electron chi connectivity index (χ2n) is 3.81. The molecule has 0 radical (unpaired) electrons. The van der Waals surface area contributed by atoms with Crippen molar-refractivity contribution in [1.29, 1.82) is 0 Å². The number of Topliss-reactive ketones (excluding diaryl/α,β-unsaturated/α-hetero) is 1. The number of carbonyl (C=O) groups is 1. The van der Waals surface area contributed by atoms with Gasteiger partial charge in [-0.2, -0.15) is 0 Å². The van der Waals surface area contributed by atoms with Crippen LogP contribution < -0.4 is 4.74 Å². The quantitative estimate of drug-likeness (QED) is 0.637. The molecule has 1 aromatic rings. The van der Waals surface area contributed by atoms with Gasteiger partial charge in [-0.3, -0.25) is 4.79 Å². The van der Waals surface area contributed by atoms with Crippen LogP contribution >= 0.6 is 0 Å². The van der Waals surface area contributed by atoms with Crippen LogP contribution in [0, 0.1) is 5.92 Å². The monoisotopic (exact) mass is 208 g/mol. The van der Waals surface area contributed by atoms with Crippen molar-refractivity contribution in [2.24, 2.45) is 5.92 Å². The Balaban J connectivity index is 2.56. The summed E-state index contributed by atoms with van der Waals surface area (Å²) in [7, 11) is 0. The minimum Gasteiger partial charge on any atom is -0.504 e. The minimum absolute atomic E-state index is 0.0703. The average Bonchev–Trinajstić information content (AvgIpc) is 2.19. The van der Waals surface area contributed by atoms with Gasteiger partial charge in [-0.15, -0.1) is 0 Å². The molecule has 1 aliphatic rings. The third-order valence-electron chi connectivity index (χ3n) is 2.77. The van der Waals surface area contributed by atoms with Crippen LogP contribution in [0.25, 0.3) is 0 Å². The van der Waals surface area contributed by atoms with E-state index in [2.05, 4.69) is 0 Å². The number of ether oxygens (including phenoxy) is 1. The maximum absolute atomic E-state index is 11.8. The molecule has 4 nitrogen and oxygen atoms in total. The predicted molar refractivity (Wildman–Crippen MR) is 53.4 cm³/mol. The van der Waals surface area contributed by atoms with Crippen molar-refractivity contribution in [3.05, 3.63) is 17.7 Å². The first-order valence-corrected chi connectivity index (χ1v) is 4.77. The van der Waals surface area contributed by atoms with E-state index in [-0.39, 0.29) is 29.3 Å². The molecule has 0 saturated heterocycles. The van der Waals surface area contributed by atoms with Crippen molar-refractivity contribution < 1.29 is 19.7 Å². The van der Waals surface area contributed by atoms with E-state index in [0.29, 0.717) is 11.3 Å². The third kappa shape index (κ3) is 1.42. The highest BCUT2D eigenvalue weighted by Crippen LogP contribution is 2.38. The molecule has 0 bridgehead atoms. The van der Waals surface area contributed by atoms with E-state index in [0.717, 1.165) is 0 Å². The molecule has 4 heteroatoms. The van der Waals surface area contributed by atoms with Gasteiger partial charge in [-0.1, -0.05) is 6.92 Å². The van der Waals surface area contributed by atoms with Crippen LogP contribution in [0.1, 0.15) is 24.2 Å². The van der Waals surface area contributed by atoms with Crippen molar-refractivity contribution >= 4 is 5.78 Å². The van der Waals surface area contributed by atoms with Gasteiger partial charge in [0, 0.05) is 6.07 Å². The van der Waals surface area contributed by atoms with E-state index in [1.807, 2.05) is 0 Å². The summed E-state index contributed by atoms with van der Waals surface area (Å²) in [6, 6.07) is 2.51. The Kier molecular flexibility index (Phi) is 2.07. The number of phenolic OH excluding ortho intramolecular Hbond substituents is 2. The number of benzene rings is 1. The standard InChI is InChI=1S/C11H12O4/c1-5-6(2)15-10-4-9(13)8(12)3-7(10)11(5)14/h3-6,12-13H,1-2H3. The number of phenols is 2. The molecule has 0 amide bonds. The summed E-state index contributed by atoms with van der Waals surface area (Å²) in [5.41, 5.74) is 0.330. The molecular formula is C11H12O4. The first-order valence-electron chi connectivity index (χ1n) is 4.77. The van der Waals surface area contributed by atoms with Crippen molar-refractivity contribution in [2.75, 3.05) is 0 Å². The second kappa shape index (κ2) is 3.15. The third-order valence-corrected chi connectivity index (χ3v) is 2.77. The molecule has 0 saturated carbocycles. The van der Waals surface area contributed by atoms with Gasteiger partial charge in [0.15, 0.2) is 17.3 Å². The Hall–Kier alpha value is -1.71. The molecule has 1 aromatic carbocycles. The second-order valence-corrected chi connectivity index (χ2v) is 3.81. The average molecular weight is 208 g/mol. The molecule has 2 unspecified atom stereocenters. The van der Waals surface area contributed by atoms with E-state index in [1.165, 1.54) is 12.1 Å². The Labute approximate surface area is 87.1 Å². The van der Waals surface area contributed by atoms with Gasteiger partial charge >= 0.3 is 0 Å². The minimum atomic E-state index is -0.299. The van der Waals surface area contributed by atoms with Crippen molar-refractivity contribution in [2.45, 2.75) is 20.0 Å². The van der Waals surface area contributed by atoms with Crippen LogP contribution in [0.4, 0.5) is 0 Å². The van der Waals surface area contributed by atoms with E-state index in [9.17, 15) is 15.0 Å². The van der Waals surface area contributed by atoms with E-state index in [1.54, 1.807) is 13.8 Å². The molecule has 0 fully saturated rings. The molecule has 0 aliphatic carbocycles. The zero-order valence-electron chi connectivity index (χ0n) is 8.52. The number of fused-ring (bicyclic) bond motifs is 1. The number of hydrogen-bond donors (Lipinski definition) is 2. The summed E-state index contributed by atoms with van der Waals surface area (Å²) < 4.78 is 5.46. The normalized spacial score (nSPS) is 24.5. The van der Waals surface area contributed by atoms with Gasteiger partial charge in [0.2, 0.25) is 0 Å². The lowest BCUT2D eigenvalue weighted by Gasteiger charge is -2.27. The number of ketones is 1. The molecule has 2 N–H and O–H groups in total. The van der Waals surface area contributed by atoms with Gasteiger partial charge < -0.3 is 14.9 Å². The number of carbonyl (C=O) groups excluding carboxylic acids is 1. The highest BCUT2D eigenvalue weighted by Gasteiger charge is 2.32. The molecule has 2 rings (SSSR count). The molecule has 1 heterocycles. The number of hydrogen-bond acceptors (Lipinski definition) is 4. The van der Waals surface area contributed by atoms with Crippen molar-refractivity contribution in [3.63, 3.8) is 0 Å². The molecule has 0 aromatic heterocycles. The first-order chi connectivity index (χ1) is 7.00. The SMILES string of the molecule is CC1Oc2cc(O)c(O)cc2C(=O)C1C. The highest BCUT2D eigenvalue weighted by atomic mass is 16.5. The van der Waals surface area contributed by atoms with E-state index < -0.39 is 0 Å². The van der Waals surface area contributed by atoms with Crippen molar-refractivity contribution in [3.8, 4) is 17.2 Å².